The molecule has 0 aromatic carbocycles. The normalized spacial score (nSPS) is 33.0. The lowest BCUT2D eigenvalue weighted by Gasteiger charge is -2.35. The van der Waals surface area contributed by atoms with Crippen LogP contribution < -0.4 is 0 Å². The van der Waals surface area contributed by atoms with Crippen LogP contribution in [0, 0.1) is 11.8 Å². The van der Waals surface area contributed by atoms with Gasteiger partial charge in [0.15, 0.2) is 0 Å². The van der Waals surface area contributed by atoms with Crippen molar-refractivity contribution < 1.29 is 10.2 Å². The van der Waals surface area contributed by atoms with E-state index in [4.69, 9.17) is 0 Å². The number of hydrogen-bond acceptors (Lipinski definition) is 2. The van der Waals surface area contributed by atoms with Gasteiger partial charge in [0.25, 0.3) is 0 Å². The molecule has 2 atom stereocenters. The minimum atomic E-state index is 0.238. The first-order valence-corrected chi connectivity index (χ1v) is 5.76. The quantitative estimate of drug-likeness (QED) is 0.662. The molecule has 0 aromatic heterocycles. The van der Waals surface area contributed by atoms with Gasteiger partial charge in [-0.25, -0.2) is 0 Å². The second-order valence-electron chi connectivity index (χ2n) is 4.71. The van der Waals surface area contributed by atoms with E-state index in [2.05, 4.69) is 0 Å². The minimum absolute atomic E-state index is 0.238. The predicted octanol–water partition coefficient (Wildman–Crippen LogP) is 1.87. The molecule has 0 saturated carbocycles. The molecule has 0 aliphatic heterocycles. The largest absolute Gasteiger partial charge is 0.396 e. The molecule has 0 amide bonds. The molecule has 0 spiro atoms. The minimum Gasteiger partial charge on any atom is -0.396 e. The smallest absolute Gasteiger partial charge is 0.0465 e. The van der Waals surface area contributed by atoms with Gasteiger partial charge < -0.3 is 10.2 Å². The molecular formula is C12H20O2. The summed E-state index contributed by atoms with van der Waals surface area (Å²) in [5, 5.41) is 18.5. The standard InChI is InChI=1S/C12H20O2/c13-7-11-5-9-3-1-2-4-10(9)6-12(11)8-14/h11-14H,1-8H2. The Balaban J connectivity index is 2.11. The van der Waals surface area contributed by atoms with Crippen molar-refractivity contribution in [1.82, 2.24) is 0 Å². The fraction of sp³-hybridized carbons (Fsp3) is 0.833. The molecule has 0 radical (unpaired) electrons. The van der Waals surface area contributed by atoms with Gasteiger partial charge in [0.05, 0.1) is 0 Å². The van der Waals surface area contributed by atoms with Crippen LogP contribution in [0.25, 0.3) is 0 Å². The first-order valence-electron chi connectivity index (χ1n) is 5.76. The fourth-order valence-electron chi connectivity index (χ4n) is 2.92. The molecule has 2 N–H and O–H groups in total. The van der Waals surface area contributed by atoms with Crippen LogP contribution in [0.2, 0.25) is 0 Å². The molecule has 0 heterocycles. The SMILES string of the molecule is OCC1CC2=C(CCCC2)CC1CO. The van der Waals surface area contributed by atoms with Gasteiger partial charge in [-0.05, 0) is 50.4 Å². The molecular weight excluding hydrogens is 176 g/mol. The molecule has 0 fully saturated rings. The van der Waals surface area contributed by atoms with Gasteiger partial charge in [-0.3, -0.25) is 0 Å². The monoisotopic (exact) mass is 196 g/mol. The van der Waals surface area contributed by atoms with Crippen LogP contribution in [0.4, 0.5) is 0 Å². The van der Waals surface area contributed by atoms with Crippen molar-refractivity contribution in [2.75, 3.05) is 13.2 Å². The molecule has 2 aliphatic rings. The molecule has 80 valence electrons. The zero-order valence-electron chi connectivity index (χ0n) is 8.71. The maximum atomic E-state index is 9.25. The van der Waals surface area contributed by atoms with Crippen molar-refractivity contribution in [3.63, 3.8) is 0 Å². The van der Waals surface area contributed by atoms with E-state index in [0.717, 1.165) is 12.8 Å². The Morgan fingerprint density at radius 3 is 1.64 bits per heavy atom. The predicted molar refractivity (Wildman–Crippen MR) is 55.9 cm³/mol. The lowest BCUT2D eigenvalue weighted by atomic mass is 9.72. The summed E-state index contributed by atoms with van der Waals surface area (Å²) in [7, 11) is 0. The van der Waals surface area contributed by atoms with Gasteiger partial charge in [0.2, 0.25) is 0 Å². The van der Waals surface area contributed by atoms with Crippen molar-refractivity contribution in [3.05, 3.63) is 11.1 Å². The highest BCUT2D eigenvalue weighted by Crippen LogP contribution is 2.40. The summed E-state index contributed by atoms with van der Waals surface area (Å²) in [6.45, 7) is 0.476. The summed E-state index contributed by atoms with van der Waals surface area (Å²) in [6, 6.07) is 0. The zero-order chi connectivity index (χ0) is 9.97. The molecule has 2 nitrogen and oxygen atoms in total. The van der Waals surface area contributed by atoms with Gasteiger partial charge in [0.1, 0.15) is 0 Å². The maximum absolute atomic E-state index is 9.25. The lowest BCUT2D eigenvalue weighted by molar-refractivity contribution is 0.110. The van der Waals surface area contributed by atoms with Crippen LogP contribution >= 0.6 is 0 Å². The Hall–Kier alpha value is -0.340. The van der Waals surface area contributed by atoms with Crippen LogP contribution in [0.5, 0.6) is 0 Å². The molecule has 2 heteroatoms. The third-order valence-corrected chi connectivity index (χ3v) is 3.86. The van der Waals surface area contributed by atoms with Gasteiger partial charge in [-0.1, -0.05) is 11.1 Å². The van der Waals surface area contributed by atoms with E-state index >= 15 is 0 Å². The second kappa shape index (κ2) is 4.45. The highest BCUT2D eigenvalue weighted by Gasteiger charge is 2.29. The molecule has 2 unspecified atom stereocenters. The van der Waals surface area contributed by atoms with Crippen LogP contribution in [0.3, 0.4) is 0 Å². The Labute approximate surface area is 85.6 Å². The number of allylic oxidation sites excluding steroid dienone is 2. The van der Waals surface area contributed by atoms with Gasteiger partial charge in [-0.2, -0.15) is 0 Å². The highest BCUT2D eigenvalue weighted by molar-refractivity contribution is 5.21. The van der Waals surface area contributed by atoms with E-state index in [1.54, 1.807) is 11.1 Å². The van der Waals surface area contributed by atoms with Crippen molar-refractivity contribution in [2.24, 2.45) is 11.8 Å². The molecule has 0 aromatic rings. The van der Waals surface area contributed by atoms with Crippen LogP contribution in [-0.4, -0.2) is 23.4 Å². The fourth-order valence-corrected chi connectivity index (χ4v) is 2.92. The molecule has 2 rings (SSSR count). The van der Waals surface area contributed by atoms with Crippen molar-refractivity contribution in [1.29, 1.82) is 0 Å². The summed E-state index contributed by atoms with van der Waals surface area (Å²) >= 11 is 0. The van der Waals surface area contributed by atoms with Crippen LogP contribution in [0.1, 0.15) is 38.5 Å². The van der Waals surface area contributed by atoms with E-state index < -0.39 is 0 Å². The first-order chi connectivity index (χ1) is 6.85. The van der Waals surface area contributed by atoms with E-state index in [0.29, 0.717) is 11.8 Å². The maximum Gasteiger partial charge on any atom is 0.0465 e. The van der Waals surface area contributed by atoms with Crippen molar-refractivity contribution >= 4 is 0 Å². The average Bonchev–Trinajstić information content (AvgIpc) is 2.27. The molecule has 14 heavy (non-hydrogen) atoms. The Morgan fingerprint density at radius 2 is 1.29 bits per heavy atom. The Kier molecular flexibility index (Phi) is 3.24. The van der Waals surface area contributed by atoms with E-state index in [9.17, 15) is 10.2 Å². The molecule has 0 saturated heterocycles. The first kappa shape index (κ1) is 10.2. The van der Waals surface area contributed by atoms with Gasteiger partial charge >= 0.3 is 0 Å². The number of hydrogen-bond donors (Lipinski definition) is 2. The molecule has 0 bridgehead atoms. The third-order valence-electron chi connectivity index (χ3n) is 3.86. The summed E-state index contributed by atoms with van der Waals surface area (Å²) in [4.78, 5) is 0. The lowest BCUT2D eigenvalue weighted by Crippen LogP contribution is -2.28. The van der Waals surface area contributed by atoms with Gasteiger partial charge in [0, 0.05) is 13.2 Å². The summed E-state index contributed by atoms with van der Waals surface area (Å²) in [5.41, 5.74) is 3.19. The number of rotatable bonds is 2. The van der Waals surface area contributed by atoms with Crippen LogP contribution in [0.15, 0.2) is 11.1 Å². The van der Waals surface area contributed by atoms with Gasteiger partial charge in [-0.15, -0.1) is 0 Å². The summed E-state index contributed by atoms with van der Waals surface area (Å²) in [6.07, 6.45) is 7.20. The average molecular weight is 196 g/mol. The topological polar surface area (TPSA) is 40.5 Å². The molecule has 2 aliphatic carbocycles. The third kappa shape index (κ3) is 1.86. The summed E-state index contributed by atoms with van der Waals surface area (Å²) in [5.74, 6) is 0.633. The van der Waals surface area contributed by atoms with E-state index in [-0.39, 0.29) is 13.2 Å². The Morgan fingerprint density at radius 1 is 0.857 bits per heavy atom. The number of aliphatic hydroxyl groups excluding tert-OH is 2. The van der Waals surface area contributed by atoms with E-state index in [1.807, 2.05) is 0 Å². The zero-order valence-corrected chi connectivity index (χ0v) is 8.71. The van der Waals surface area contributed by atoms with Crippen LogP contribution in [-0.2, 0) is 0 Å². The summed E-state index contributed by atoms with van der Waals surface area (Å²) < 4.78 is 0. The Bertz CT molecular complexity index is 208. The van der Waals surface area contributed by atoms with Crippen molar-refractivity contribution in [3.8, 4) is 0 Å². The second-order valence-corrected chi connectivity index (χ2v) is 4.71. The van der Waals surface area contributed by atoms with Crippen molar-refractivity contribution in [2.45, 2.75) is 38.5 Å². The highest BCUT2D eigenvalue weighted by atomic mass is 16.3. The number of aliphatic hydroxyl groups is 2. The van der Waals surface area contributed by atoms with E-state index in [1.165, 1.54) is 25.7 Å².